The van der Waals surface area contributed by atoms with Gasteiger partial charge in [-0.15, -0.1) is 6.42 Å². The molecule has 1 aromatic carbocycles. The number of likely N-dealkylation sites (tertiary alicyclic amines) is 1. The van der Waals surface area contributed by atoms with Crippen LogP contribution in [-0.4, -0.2) is 35.6 Å². The van der Waals surface area contributed by atoms with E-state index in [9.17, 15) is 18.0 Å². The number of nitrogens with zero attached hydrogens (tertiary/aromatic N) is 2. The highest BCUT2D eigenvalue weighted by Crippen LogP contribution is 2.33. The monoisotopic (exact) mass is 441 g/mol. The molecule has 0 bridgehead atoms. The minimum Gasteiger partial charge on any atom is -0.300 e. The van der Waals surface area contributed by atoms with Crippen LogP contribution in [0.15, 0.2) is 34.2 Å². The molecule has 9 heteroatoms. The molecule has 154 valence electrons. The quantitative estimate of drug-likeness (QED) is 0.673. The lowest BCUT2D eigenvalue weighted by molar-refractivity contribution is -0.137. The van der Waals surface area contributed by atoms with E-state index in [0.717, 1.165) is 54.7 Å². The molecule has 2 aliphatic rings. The number of halogens is 4. The van der Waals surface area contributed by atoms with Gasteiger partial charge in [0.1, 0.15) is 12.4 Å². The Kier molecular flexibility index (Phi) is 6.93. The molecule has 4 nitrogen and oxygen atoms in total. The molecule has 0 radical (unpaired) electrons. The van der Waals surface area contributed by atoms with Crippen molar-refractivity contribution >= 4 is 34.4 Å². The van der Waals surface area contributed by atoms with Gasteiger partial charge in [0.2, 0.25) is 0 Å². The number of amides is 1. The Labute approximate surface area is 176 Å². The number of aliphatic imine (C=N–C) groups is 1. The molecule has 0 saturated carbocycles. The molecule has 3 rings (SSSR count). The smallest absolute Gasteiger partial charge is 0.300 e. The number of benzene rings is 1. The van der Waals surface area contributed by atoms with E-state index in [-0.39, 0.29) is 16.8 Å². The summed E-state index contributed by atoms with van der Waals surface area (Å²) in [5, 5.41) is 2.66. The summed E-state index contributed by atoms with van der Waals surface area (Å²) < 4.78 is 38.3. The van der Waals surface area contributed by atoms with Crippen molar-refractivity contribution in [2.24, 2.45) is 10.9 Å². The first kappa shape index (κ1) is 21.8. The fourth-order valence-electron chi connectivity index (χ4n) is 3.27. The van der Waals surface area contributed by atoms with Gasteiger partial charge < -0.3 is 5.32 Å². The topological polar surface area (TPSA) is 44.7 Å². The van der Waals surface area contributed by atoms with E-state index in [1.807, 2.05) is 0 Å². The van der Waals surface area contributed by atoms with Gasteiger partial charge in [-0.2, -0.15) is 13.2 Å². The zero-order valence-corrected chi connectivity index (χ0v) is 17.0. The number of hydrogen-bond acceptors (Lipinski definition) is 4. The standard InChI is InChI=1S/C20H19ClF3N3OS/c1-2-7-25-18-17(29-19(28)26-18)10-13-5-8-27(9-6-13)12-14-3-4-15(11-16(14)21)20(22,23)24/h1,3-4,10-11,13H,5-9,12H2,(H,25,26,28). The third kappa shape index (κ3) is 5.78. The highest BCUT2D eigenvalue weighted by Gasteiger charge is 2.31. The maximum atomic E-state index is 12.8. The van der Waals surface area contributed by atoms with E-state index in [4.69, 9.17) is 18.0 Å². The Morgan fingerprint density at radius 2 is 2.10 bits per heavy atom. The second-order valence-electron chi connectivity index (χ2n) is 6.83. The SMILES string of the molecule is C#CCN=C1NC(=O)SC1=CC1CCN(Cc2ccc(C(F)(F)F)cc2Cl)CC1. The van der Waals surface area contributed by atoms with Crippen LogP contribution in [0.3, 0.4) is 0 Å². The predicted octanol–water partition coefficient (Wildman–Crippen LogP) is 4.94. The number of carbonyl (C=O) groups is 1. The fraction of sp³-hybridized carbons (Fsp3) is 0.400. The molecular weight excluding hydrogens is 423 g/mol. The van der Waals surface area contributed by atoms with Gasteiger partial charge >= 0.3 is 6.18 Å². The normalized spacial score (nSPS) is 21.6. The molecule has 29 heavy (non-hydrogen) atoms. The Balaban J connectivity index is 1.58. The summed E-state index contributed by atoms with van der Waals surface area (Å²) in [6, 6.07) is 3.49. The van der Waals surface area contributed by atoms with Crippen LogP contribution in [0.4, 0.5) is 18.0 Å². The van der Waals surface area contributed by atoms with Crippen LogP contribution in [0.1, 0.15) is 24.0 Å². The van der Waals surface area contributed by atoms with E-state index >= 15 is 0 Å². The second kappa shape index (κ2) is 9.24. The third-order valence-corrected chi connectivity index (χ3v) is 5.97. The van der Waals surface area contributed by atoms with Crippen molar-refractivity contribution in [3.63, 3.8) is 0 Å². The highest BCUT2D eigenvalue weighted by atomic mass is 35.5. The summed E-state index contributed by atoms with van der Waals surface area (Å²) in [6.45, 7) is 2.28. The molecule has 0 aliphatic carbocycles. The van der Waals surface area contributed by atoms with Crippen LogP contribution in [0.2, 0.25) is 5.02 Å². The van der Waals surface area contributed by atoms with Crippen LogP contribution >= 0.6 is 23.4 Å². The van der Waals surface area contributed by atoms with Crippen molar-refractivity contribution in [2.75, 3.05) is 19.6 Å². The van der Waals surface area contributed by atoms with Crippen LogP contribution < -0.4 is 5.32 Å². The number of thioether (sulfide) groups is 1. The molecule has 2 fully saturated rings. The summed E-state index contributed by atoms with van der Waals surface area (Å²) in [5.74, 6) is 3.24. The number of nitrogens with one attached hydrogen (secondary N) is 1. The summed E-state index contributed by atoms with van der Waals surface area (Å²) in [6.07, 6.45) is 4.63. The molecule has 1 amide bonds. The molecule has 0 aromatic heterocycles. The van der Waals surface area contributed by atoms with Gasteiger partial charge in [0, 0.05) is 11.6 Å². The van der Waals surface area contributed by atoms with Crippen molar-refractivity contribution in [1.82, 2.24) is 10.2 Å². The van der Waals surface area contributed by atoms with Gasteiger partial charge in [0.25, 0.3) is 5.24 Å². The molecule has 1 aromatic rings. The summed E-state index contributed by atoms with van der Waals surface area (Å²) in [4.78, 5) is 18.8. The number of amidine groups is 1. The van der Waals surface area contributed by atoms with Gasteiger partial charge in [0.15, 0.2) is 0 Å². The lowest BCUT2D eigenvalue weighted by atomic mass is 9.95. The van der Waals surface area contributed by atoms with Gasteiger partial charge in [-0.1, -0.05) is 29.7 Å². The Bertz CT molecular complexity index is 884. The largest absolute Gasteiger partial charge is 0.416 e. The molecule has 0 spiro atoms. The van der Waals surface area contributed by atoms with Crippen molar-refractivity contribution in [3.05, 3.63) is 45.3 Å². The van der Waals surface area contributed by atoms with Gasteiger partial charge in [-0.05, 0) is 61.3 Å². The summed E-state index contributed by atoms with van der Waals surface area (Å²) >= 11 is 7.18. The number of rotatable bonds is 4. The van der Waals surface area contributed by atoms with Crippen molar-refractivity contribution in [1.29, 1.82) is 0 Å². The second-order valence-corrected chi connectivity index (χ2v) is 8.25. The number of terminal acetylenes is 1. The zero-order valence-electron chi connectivity index (χ0n) is 15.4. The van der Waals surface area contributed by atoms with E-state index < -0.39 is 11.7 Å². The lowest BCUT2D eigenvalue weighted by Gasteiger charge is -2.31. The van der Waals surface area contributed by atoms with Crippen LogP contribution in [0.25, 0.3) is 0 Å². The summed E-state index contributed by atoms with van der Waals surface area (Å²) in [5.41, 5.74) is -0.0579. The number of carbonyl (C=O) groups excluding carboxylic acids is 1. The minimum absolute atomic E-state index is 0.130. The molecule has 0 unspecified atom stereocenters. The zero-order chi connectivity index (χ0) is 21.0. The van der Waals surface area contributed by atoms with Gasteiger partial charge in [0.05, 0.1) is 10.5 Å². The molecule has 2 aliphatic heterocycles. The van der Waals surface area contributed by atoms with E-state index in [0.29, 0.717) is 23.9 Å². The van der Waals surface area contributed by atoms with Gasteiger partial charge in [-0.25, -0.2) is 0 Å². The molecule has 0 atom stereocenters. The van der Waals surface area contributed by atoms with Crippen molar-refractivity contribution < 1.29 is 18.0 Å². The van der Waals surface area contributed by atoms with Crippen molar-refractivity contribution in [3.8, 4) is 12.3 Å². The third-order valence-electron chi connectivity index (χ3n) is 4.78. The average Bonchev–Trinajstić information content (AvgIpc) is 3.01. The Morgan fingerprint density at radius 1 is 1.38 bits per heavy atom. The number of alkyl halides is 3. The van der Waals surface area contributed by atoms with Crippen LogP contribution in [-0.2, 0) is 12.7 Å². The number of piperidine rings is 1. The highest BCUT2D eigenvalue weighted by molar-refractivity contribution is 8.18. The van der Waals surface area contributed by atoms with E-state index in [1.54, 1.807) is 0 Å². The maximum absolute atomic E-state index is 12.8. The predicted molar refractivity (Wildman–Crippen MR) is 110 cm³/mol. The number of allylic oxidation sites excluding steroid dienone is 1. The van der Waals surface area contributed by atoms with E-state index in [2.05, 4.69) is 27.2 Å². The Morgan fingerprint density at radius 3 is 2.72 bits per heavy atom. The first-order valence-corrected chi connectivity index (χ1v) is 10.2. The molecule has 2 heterocycles. The minimum atomic E-state index is -4.40. The fourth-order valence-corrected chi connectivity index (χ4v) is 4.33. The van der Waals surface area contributed by atoms with E-state index in [1.165, 1.54) is 6.07 Å². The molecular formula is C20H19ClF3N3OS. The number of hydrogen-bond donors (Lipinski definition) is 1. The van der Waals surface area contributed by atoms with Gasteiger partial charge in [-0.3, -0.25) is 14.7 Å². The lowest BCUT2D eigenvalue weighted by Crippen LogP contribution is -2.33. The average molecular weight is 442 g/mol. The first-order valence-electron chi connectivity index (χ1n) is 9.03. The maximum Gasteiger partial charge on any atom is 0.416 e. The van der Waals surface area contributed by atoms with Crippen molar-refractivity contribution in [2.45, 2.75) is 25.6 Å². The van der Waals surface area contributed by atoms with Crippen LogP contribution in [0, 0.1) is 18.3 Å². The Hall–Kier alpha value is -1.95. The first-order chi connectivity index (χ1) is 13.8. The molecule has 1 N–H and O–H groups in total. The van der Waals surface area contributed by atoms with Crippen LogP contribution in [0.5, 0.6) is 0 Å². The molecule has 2 saturated heterocycles. The summed E-state index contributed by atoms with van der Waals surface area (Å²) in [7, 11) is 0.